The van der Waals surface area contributed by atoms with Gasteiger partial charge in [0.2, 0.25) is 5.91 Å². The van der Waals surface area contributed by atoms with E-state index in [1.54, 1.807) is 31.3 Å². The van der Waals surface area contributed by atoms with Crippen LogP contribution in [0.15, 0.2) is 24.3 Å². The van der Waals surface area contributed by atoms with Crippen molar-refractivity contribution in [1.29, 1.82) is 0 Å². The summed E-state index contributed by atoms with van der Waals surface area (Å²) in [6.45, 7) is 3.76. The van der Waals surface area contributed by atoms with E-state index in [0.717, 1.165) is 18.8 Å². The van der Waals surface area contributed by atoms with Gasteiger partial charge in [-0.1, -0.05) is 6.92 Å². The van der Waals surface area contributed by atoms with E-state index < -0.39 is 0 Å². The fourth-order valence-electron chi connectivity index (χ4n) is 1.98. The zero-order chi connectivity index (χ0) is 13.8. The smallest absolute Gasteiger partial charge is 0.251 e. The van der Waals surface area contributed by atoms with Crippen molar-refractivity contribution in [1.82, 2.24) is 10.6 Å². The van der Waals surface area contributed by atoms with Gasteiger partial charge in [-0.15, -0.1) is 0 Å². The molecule has 0 aliphatic carbocycles. The molecule has 1 aromatic carbocycles. The van der Waals surface area contributed by atoms with Crippen molar-refractivity contribution in [3.05, 3.63) is 29.8 Å². The molecule has 0 radical (unpaired) electrons. The molecule has 1 aliphatic heterocycles. The van der Waals surface area contributed by atoms with E-state index in [1.807, 2.05) is 6.92 Å². The van der Waals surface area contributed by atoms with Crippen molar-refractivity contribution >= 4 is 17.5 Å². The third-order valence-corrected chi connectivity index (χ3v) is 3.58. The summed E-state index contributed by atoms with van der Waals surface area (Å²) in [5.74, 6) is 0.316. The molecule has 1 aliphatic rings. The van der Waals surface area contributed by atoms with Crippen LogP contribution in [-0.2, 0) is 4.79 Å². The molecule has 2 amide bonds. The average molecular weight is 261 g/mol. The molecule has 1 heterocycles. The summed E-state index contributed by atoms with van der Waals surface area (Å²) in [7, 11) is 1.59. The Bertz CT molecular complexity index is 466. The molecule has 102 valence electrons. The Kier molecular flexibility index (Phi) is 4.16. The molecule has 2 rings (SSSR count). The Morgan fingerprint density at radius 1 is 1.26 bits per heavy atom. The first-order chi connectivity index (χ1) is 9.11. The predicted octanol–water partition coefficient (Wildman–Crippen LogP) is 0.840. The lowest BCUT2D eigenvalue weighted by atomic mass is 9.88. The lowest BCUT2D eigenvalue weighted by Gasteiger charge is -2.31. The summed E-state index contributed by atoms with van der Waals surface area (Å²) < 4.78 is 0. The van der Waals surface area contributed by atoms with Crippen LogP contribution in [0.3, 0.4) is 0 Å². The quantitative estimate of drug-likeness (QED) is 0.752. The first-order valence-electron chi connectivity index (χ1n) is 6.45. The van der Waals surface area contributed by atoms with E-state index in [2.05, 4.69) is 16.0 Å². The maximum absolute atomic E-state index is 12.0. The Hall–Kier alpha value is -1.88. The van der Waals surface area contributed by atoms with Crippen molar-refractivity contribution in [2.24, 2.45) is 11.8 Å². The lowest BCUT2D eigenvalue weighted by Crippen LogP contribution is -2.48. The fraction of sp³-hybridized carbons (Fsp3) is 0.429. The number of rotatable bonds is 4. The van der Waals surface area contributed by atoms with Gasteiger partial charge in [0.05, 0.1) is 0 Å². The molecular weight excluding hydrogens is 242 g/mol. The molecule has 0 saturated carbocycles. The molecule has 3 N–H and O–H groups in total. The normalized spacial score (nSPS) is 16.3. The molecule has 1 fully saturated rings. The zero-order valence-corrected chi connectivity index (χ0v) is 11.2. The number of hydrogen-bond donors (Lipinski definition) is 3. The molecule has 0 spiro atoms. The largest absolute Gasteiger partial charge is 0.355 e. The highest BCUT2D eigenvalue weighted by Gasteiger charge is 2.28. The van der Waals surface area contributed by atoms with Crippen LogP contribution in [0.1, 0.15) is 17.3 Å². The van der Waals surface area contributed by atoms with Gasteiger partial charge >= 0.3 is 0 Å². The molecule has 1 unspecified atom stereocenters. The Labute approximate surface area is 112 Å². The molecule has 0 bridgehead atoms. The molecule has 1 aromatic rings. The number of hydrogen-bond acceptors (Lipinski definition) is 3. The maximum atomic E-state index is 12.0. The van der Waals surface area contributed by atoms with Gasteiger partial charge in [0.15, 0.2) is 0 Å². The van der Waals surface area contributed by atoms with Gasteiger partial charge in [-0.3, -0.25) is 9.59 Å². The topological polar surface area (TPSA) is 70.2 Å². The van der Waals surface area contributed by atoms with Crippen LogP contribution in [0, 0.1) is 11.8 Å². The van der Waals surface area contributed by atoms with Crippen LogP contribution in [-0.4, -0.2) is 32.0 Å². The first kappa shape index (κ1) is 13.5. The van der Waals surface area contributed by atoms with E-state index in [0.29, 0.717) is 11.5 Å². The Morgan fingerprint density at radius 2 is 1.89 bits per heavy atom. The monoisotopic (exact) mass is 261 g/mol. The molecule has 5 heteroatoms. The predicted molar refractivity (Wildman–Crippen MR) is 74.0 cm³/mol. The van der Waals surface area contributed by atoms with Crippen molar-refractivity contribution < 1.29 is 9.59 Å². The highest BCUT2D eigenvalue weighted by Crippen LogP contribution is 2.18. The fourth-order valence-corrected chi connectivity index (χ4v) is 1.98. The van der Waals surface area contributed by atoms with Crippen molar-refractivity contribution in [2.75, 3.05) is 25.5 Å². The highest BCUT2D eigenvalue weighted by molar-refractivity contribution is 5.96. The van der Waals surface area contributed by atoms with Gasteiger partial charge in [0.1, 0.15) is 0 Å². The molecule has 1 atom stereocenters. The molecule has 5 nitrogen and oxygen atoms in total. The zero-order valence-electron chi connectivity index (χ0n) is 11.2. The molecule has 0 aromatic heterocycles. The van der Waals surface area contributed by atoms with Gasteiger partial charge in [0, 0.05) is 24.2 Å². The van der Waals surface area contributed by atoms with Crippen molar-refractivity contribution in [3.8, 4) is 0 Å². The van der Waals surface area contributed by atoms with E-state index >= 15 is 0 Å². The standard InChI is InChI=1S/C14H19N3O2/c1-9(11-7-16-8-11)13(18)17-12-5-3-10(4-6-12)14(19)15-2/h3-6,9,11,16H,7-8H2,1-2H3,(H,15,19)(H,17,18). The second-order valence-corrected chi connectivity index (χ2v) is 4.85. The van der Waals surface area contributed by atoms with Gasteiger partial charge in [-0.25, -0.2) is 0 Å². The van der Waals surface area contributed by atoms with E-state index in [-0.39, 0.29) is 17.7 Å². The van der Waals surface area contributed by atoms with Crippen LogP contribution in [0.25, 0.3) is 0 Å². The van der Waals surface area contributed by atoms with Crippen LogP contribution in [0.5, 0.6) is 0 Å². The molecule has 1 saturated heterocycles. The third kappa shape index (κ3) is 3.12. The summed E-state index contributed by atoms with van der Waals surface area (Å²) >= 11 is 0. The minimum atomic E-state index is -0.133. The summed E-state index contributed by atoms with van der Waals surface area (Å²) in [6.07, 6.45) is 0. The van der Waals surface area contributed by atoms with Gasteiger partial charge in [-0.2, -0.15) is 0 Å². The second kappa shape index (κ2) is 5.84. The number of anilines is 1. The van der Waals surface area contributed by atoms with E-state index in [9.17, 15) is 9.59 Å². The highest BCUT2D eigenvalue weighted by atomic mass is 16.2. The SMILES string of the molecule is CNC(=O)c1ccc(NC(=O)C(C)C2CNC2)cc1. The maximum Gasteiger partial charge on any atom is 0.251 e. The number of nitrogens with one attached hydrogen (secondary N) is 3. The van der Waals surface area contributed by atoms with Crippen molar-refractivity contribution in [2.45, 2.75) is 6.92 Å². The third-order valence-electron chi connectivity index (χ3n) is 3.58. The second-order valence-electron chi connectivity index (χ2n) is 4.85. The molecular formula is C14H19N3O2. The number of benzene rings is 1. The summed E-state index contributed by atoms with van der Waals surface area (Å²) in [5.41, 5.74) is 1.30. The average Bonchev–Trinajstić information content (AvgIpc) is 2.36. The number of carbonyl (C=O) groups excluding carboxylic acids is 2. The lowest BCUT2D eigenvalue weighted by molar-refractivity contribution is -0.121. The van der Waals surface area contributed by atoms with E-state index in [1.165, 1.54) is 0 Å². The summed E-state index contributed by atoms with van der Waals surface area (Å²) in [6, 6.07) is 6.89. The molecule has 19 heavy (non-hydrogen) atoms. The van der Waals surface area contributed by atoms with Crippen LogP contribution in [0.2, 0.25) is 0 Å². The summed E-state index contributed by atoms with van der Waals surface area (Å²) in [4.78, 5) is 23.4. The first-order valence-corrected chi connectivity index (χ1v) is 6.45. The van der Waals surface area contributed by atoms with Crippen LogP contribution < -0.4 is 16.0 Å². The van der Waals surface area contributed by atoms with Gasteiger partial charge in [0.25, 0.3) is 5.91 Å². The van der Waals surface area contributed by atoms with Gasteiger partial charge in [-0.05, 0) is 43.3 Å². The Balaban J connectivity index is 1.95. The van der Waals surface area contributed by atoms with Crippen molar-refractivity contribution in [3.63, 3.8) is 0 Å². The number of amides is 2. The van der Waals surface area contributed by atoms with Gasteiger partial charge < -0.3 is 16.0 Å². The van der Waals surface area contributed by atoms with Crippen LogP contribution >= 0.6 is 0 Å². The minimum Gasteiger partial charge on any atom is -0.355 e. The van der Waals surface area contributed by atoms with E-state index in [4.69, 9.17) is 0 Å². The summed E-state index contributed by atoms with van der Waals surface area (Å²) in [5, 5.41) is 8.60. The Morgan fingerprint density at radius 3 is 2.37 bits per heavy atom. The van der Waals surface area contributed by atoms with Crippen LogP contribution in [0.4, 0.5) is 5.69 Å². The minimum absolute atomic E-state index is 0.000123. The number of carbonyl (C=O) groups is 2.